The Morgan fingerprint density at radius 2 is 1.81 bits per heavy atom. The van der Waals surface area contributed by atoms with Crippen molar-refractivity contribution in [2.45, 2.75) is 64.7 Å². The summed E-state index contributed by atoms with van der Waals surface area (Å²) in [7, 11) is 0. The first-order valence-electron chi connectivity index (χ1n) is 10.5. The van der Waals surface area contributed by atoms with E-state index in [0.717, 1.165) is 54.1 Å². The number of carbonyl (C=O) groups is 2. The normalized spacial score (nSPS) is 34.0. The maximum atomic E-state index is 13.4. The van der Waals surface area contributed by atoms with Gasteiger partial charge in [0.1, 0.15) is 5.00 Å². The number of hydrogen-bond acceptors (Lipinski definition) is 3. The van der Waals surface area contributed by atoms with Crippen molar-refractivity contribution in [3.63, 3.8) is 0 Å². The first-order valence-corrected chi connectivity index (χ1v) is 11.3. The molecule has 2 amide bonds. The highest BCUT2D eigenvalue weighted by atomic mass is 32.1. The minimum atomic E-state index is -0.156. The number of amides is 2. The number of rotatable bonds is 3. The Hall–Kier alpha value is -1.36. The van der Waals surface area contributed by atoms with Crippen molar-refractivity contribution >= 4 is 28.2 Å². The Morgan fingerprint density at radius 1 is 1.15 bits per heavy atom. The molecule has 1 saturated heterocycles. The van der Waals surface area contributed by atoms with Crippen LogP contribution in [0.25, 0.3) is 0 Å². The van der Waals surface area contributed by atoms with E-state index in [-0.39, 0.29) is 22.6 Å². The van der Waals surface area contributed by atoms with Gasteiger partial charge in [-0.15, -0.1) is 11.3 Å². The van der Waals surface area contributed by atoms with Crippen LogP contribution in [0.1, 0.15) is 74.5 Å². The Balaban J connectivity index is 1.45. The predicted molar refractivity (Wildman–Crippen MR) is 108 cm³/mol. The molecular weight excluding hydrogens is 356 g/mol. The number of hydrogen-bond donors (Lipinski definition) is 1. The van der Waals surface area contributed by atoms with E-state index >= 15 is 0 Å². The van der Waals surface area contributed by atoms with E-state index in [2.05, 4.69) is 26.1 Å². The van der Waals surface area contributed by atoms with Gasteiger partial charge in [-0.2, -0.15) is 0 Å². The van der Waals surface area contributed by atoms with Gasteiger partial charge in [-0.25, -0.2) is 0 Å². The van der Waals surface area contributed by atoms with Crippen LogP contribution in [0, 0.1) is 23.2 Å². The maximum Gasteiger partial charge on any atom is 0.256 e. The second-order valence-electron chi connectivity index (χ2n) is 10.4. The fourth-order valence-corrected chi connectivity index (χ4v) is 7.20. The molecule has 5 aliphatic rings. The highest BCUT2D eigenvalue weighted by Gasteiger charge is 2.61. The highest BCUT2D eigenvalue weighted by molar-refractivity contribution is 7.16. The molecule has 6 rings (SSSR count). The van der Waals surface area contributed by atoms with Gasteiger partial charge in [0, 0.05) is 18.0 Å². The van der Waals surface area contributed by atoms with Crippen LogP contribution in [0.3, 0.4) is 0 Å². The zero-order valence-corrected chi connectivity index (χ0v) is 17.5. The lowest BCUT2D eigenvalue weighted by atomic mass is 9.75. The molecule has 0 spiro atoms. The van der Waals surface area contributed by atoms with Gasteiger partial charge in [-0.05, 0) is 67.8 Å². The lowest BCUT2D eigenvalue weighted by Crippen LogP contribution is -2.42. The van der Waals surface area contributed by atoms with Crippen LogP contribution < -0.4 is 5.32 Å². The second kappa shape index (κ2) is 5.82. The Labute approximate surface area is 165 Å². The average molecular weight is 387 g/mol. The number of nitrogens with zero attached hydrogens (tertiary/aromatic N) is 1. The van der Waals surface area contributed by atoms with Gasteiger partial charge >= 0.3 is 0 Å². The minimum absolute atomic E-state index is 0.0270. The molecule has 2 heterocycles. The van der Waals surface area contributed by atoms with Gasteiger partial charge in [-0.3, -0.25) is 9.59 Å². The smallest absolute Gasteiger partial charge is 0.256 e. The molecule has 1 aliphatic heterocycles. The molecule has 4 bridgehead atoms. The van der Waals surface area contributed by atoms with Crippen molar-refractivity contribution in [1.29, 1.82) is 0 Å². The van der Waals surface area contributed by atoms with Crippen molar-refractivity contribution in [3.8, 4) is 0 Å². The van der Waals surface area contributed by atoms with Gasteiger partial charge in [0.2, 0.25) is 5.91 Å². The summed E-state index contributed by atoms with van der Waals surface area (Å²) >= 11 is 1.60. The third-order valence-corrected chi connectivity index (χ3v) is 8.99. The van der Waals surface area contributed by atoms with Gasteiger partial charge < -0.3 is 10.2 Å². The quantitative estimate of drug-likeness (QED) is 0.821. The summed E-state index contributed by atoms with van der Waals surface area (Å²) in [4.78, 5) is 29.5. The number of thiophene rings is 1. The SMILES string of the molecule is CC(C)(C)c1cc(C(=O)N2CCC2)c(NC(=O)C23CC4CC(CC2C4)C3)s1. The monoisotopic (exact) mass is 386 g/mol. The zero-order chi connectivity index (χ0) is 19.0. The van der Waals surface area contributed by atoms with Crippen molar-refractivity contribution < 1.29 is 9.59 Å². The highest BCUT2D eigenvalue weighted by Crippen LogP contribution is 2.65. The summed E-state index contributed by atoms with van der Waals surface area (Å²) in [6, 6.07) is 2.02. The van der Waals surface area contributed by atoms with Crippen LogP contribution in [-0.4, -0.2) is 29.8 Å². The number of likely N-dealkylation sites (tertiary alicyclic amines) is 1. The Kier molecular flexibility index (Phi) is 3.82. The van der Waals surface area contributed by atoms with Crippen LogP contribution in [0.15, 0.2) is 6.07 Å². The van der Waals surface area contributed by atoms with E-state index in [0.29, 0.717) is 11.5 Å². The summed E-state index contributed by atoms with van der Waals surface area (Å²) in [5, 5.41) is 4.04. The predicted octanol–water partition coefficient (Wildman–Crippen LogP) is 4.66. The number of carbonyl (C=O) groups excluding carboxylic acids is 2. The third kappa shape index (κ3) is 2.68. The van der Waals surface area contributed by atoms with Crippen molar-refractivity contribution in [2.24, 2.45) is 23.2 Å². The van der Waals surface area contributed by atoms with Crippen LogP contribution in [-0.2, 0) is 10.2 Å². The molecule has 1 N–H and O–H groups in total. The van der Waals surface area contributed by atoms with E-state index in [1.165, 1.54) is 19.3 Å². The molecule has 4 saturated carbocycles. The van der Waals surface area contributed by atoms with Crippen LogP contribution in [0.4, 0.5) is 5.00 Å². The van der Waals surface area contributed by atoms with E-state index in [9.17, 15) is 9.59 Å². The Bertz CT molecular complexity index is 788. The lowest BCUT2D eigenvalue weighted by Gasteiger charge is -2.32. The molecule has 27 heavy (non-hydrogen) atoms. The van der Waals surface area contributed by atoms with Crippen LogP contribution >= 0.6 is 11.3 Å². The van der Waals surface area contributed by atoms with Crippen molar-refractivity contribution in [2.75, 3.05) is 18.4 Å². The average Bonchev–Trinajstić information content (AvgIpc) is 3.13. The Morgan fingerprint density at radius 3 is 2.37 bits per heavy atom. The number of nitrogens with one attached hydrogen (secondary N) is 1. The van der Waals surface area contributed by atoms with Crippen molar-refractivity contribution in [3.05, 3.63) is 16.5 Å². The van der Waals surface area contributed by atoms with Gasteiger partial charge in [-0.1, -0.05) is 20.8 Å². The van der Waals surface area contributed by atoms with Gasteiger partial charge in [0.25, 0.3) is 5.91 Å². The second-order valence-corrected chi connectivity index (χ2v) is 11.5. The minimum Gasteiger partial charge on any atom is -0.338 e. The van der Waals surface area contributed by atoms with Gasteiger partial charge in [0.15, 0.2) is 0 Å². The summed E-state index contributed by atoms with van der Waals surface area (Å²) in [5.41, 5.74) is 0.518. The molecule has 5 fully saturated rings. The van der Waals surface area contributed by atoms with Crippen LogP contribution in [0.2, 0.25) is 0 Å². The molecular formula is C22H30N2O2S. The first kappa shape index (κ1) is 17.7. The van der Waals surface area contributed by atoms with E-state index < -0.39 is 0 Å². The van der Waals surface area contributed by atoms with E-state index in [1.54, 1.807) is 11.3 Å². The van der Waals surface area contributed by atoms with Crippen molar-refractivity contribution in [1.82, 2.24) is 4.90 Å². The summed E-state index contributed by atoms with van der Waals surface area (Å²) in [6.45, 7) is 8.17. The molecule has 2 unspecified atom stereocenters. The summed E-state index contributed by atoms with van der Waals surface area (Å²) < 4.78 is 0. The van der Waals surface area contributed by atoms with Gasteiger partial charge in [0.05, 0.1) is 11.0 Å². The zero-order valence-electron chi connectivity index (χ0n) is 16.6. The fraction of sp³-hybridized carbons (Fsp3) is 0.727. The van der Waals surface area contributed by atoms with E-state index in [1.807, 2.05) is 11.0 Å². The maximum absolute atomic E-state index is 13.4. The molecule has 146 valence electrons. The molecule has 1 aromatic heterocycles. The third-order valence-electron chi connectivity index (χ3n) is 7.51. The summed E-state index contributed by atoms with van der Waals surface area (Å²) in [5.74, 6) is 2.35. The largest absolute Gasteiger partial charge is 0.338 e. The molecule has 5 heteroatoms. The first-order chi connectivity index (χ1) is 12.8. The topological polar surface area (TPSA) is 49.4 Å². The van der Waals surface area contributed by atoms with Crippen LogP contribution in [0.5, 0.6) is 0 Å². The van der Waals surface area contributed by atoms with E-state index in [4.69, 9.17) is 0 Å². The summed E-state index contributed by atoms with van der Waals surface area (Å²) in [6.07, 6.45) is 7.01. The standard InChI is InChI=1S/C22H30N2O2S/c1-21(2,3)17-10-16(19(25)24-5-4-6-24)18(27-17)23-20(26)22-11-13-7-14(12-22)9-15(22)8-13/h10,13-15H,4-9,11-12H2,1-3H3,(H,23,26). The molecule has 4 aliphatic carbocycles. The molecule has 0 radical (unpaired) electrons. The molecule has 4 nitrogen and oxygen atoms in total. The molecule has 1 aromatic rings. The number of anilines is 1. The molecule has 0 aromatic carbocycles. The molecule has 2 atom stereocenters. The fourth-order valence-electron chi connectivity index (χ4n) is 6.10. The lowest BCUT2D eigenvalue weighted by molar-refractivity contribution is -0.127.